The van der Waals surface area contributed by atoms with Gasteiger partial charge in [0.05, 0.1) is 19.4 Å². The third kappa shape index (κ3) is 27.0. The van der Waals surface area contributed by atoms with Crippen molar-refractivity contribution in [1.29, 1.82) is 0 Å². The quantitative estimate of drug-likeness (QED) is 0.0211. The third-order valence-corrected chi connectivity index (χ3v) is 11.7. The monoisotopic (exact) mass is 941 g/mol. The topological polar surface area (TPSA) is 213 Å². The number of aromatic amines is 1. The summed E-state index contributed by atoms with van der Waals surface area (Å²) in [5, 5.41) is 20.9. The van der Waals surface area contributed by atoms with E-state index in [9.17, 15) is 43.2 Å². The van der Waals surface area contributed by atoms with Crippen molar-refractivity contribution in [3.63, 3.8) is 0 Å². The minimum Gasteiger partial charge on any atom is -0.462 e. The predicted octanol–water partition coefficient (Wildman–Crippen LogP) is 9.51. The Morgan fingerprint density at radius 2 is 1.23 bits per heavy atom. The zero-order valence-electron chi connectivity index (χ0n) is 38.9. The van der Waals surface area contributed by atoms with Crippen LogP contribution in [-0.2, 0) is 37.4 Å². The largest absolute Gasteiger partial charge is 0.472 e. The average molecular weight is 941 g/mol. The summed E-state index contributed by atoms with van der Waals surface area (Å²) < 4.78 is 53.6. The molecule has 0 aliphatic carbocycles. The SMILES string of the molecule is CCCCC/C=C\C/C=C\C/C=C\C/C=C\CCCC(=O)O[C@H](COC(=O)CCCCCCCCCCCCCCC)COP(=O)(O)OC[C@H]1O[C@@H](n2cc(F)c(=O)[nH]c2=O)[C@H](O)[C@@H]1O. The van der Waals surface area contributed by atoms with Gasteiger partial charge in [-0.3, -0.25) is 33.0 Å². The van der Waals surface area contributed by atoms with Gasteiger partial charge in [0, 0.05) is 12.8 Å². The molecular formula is C48H78FN2O13P. The summed E-state index contributed by atoms with van der Waals surface area (Å²) in [4.78, 5) is 61.1. The highest BCUT2D eigenvalue weighted by Gasteiger charge is 2.45. The van der Waals surface area contributed by atoms with Crippen LogP contribution in [0.1, 0.15) is 174 Å². The molecular weight excluding hydrogens is 863 g/mol. The first-order chi connectivity index (χ1) is 31.4. The van der Waals surface area contributed by atoms with Crippen LogP contribution in [0.4, 0.5) is 4.39 Å². The van der Waals surface area contributed by atoms with E-state index < -0.39 is 87.3 Å². The first-order valence-corrected chi connectivity index (χ1v) is 25.5. The molecule has 370 valence electrons. The van der Waals surface area contributed by atoms with Crippen LogP contribution in [0.25, 0.3) is 0 Å². The number of hydrogen-bond donors (Lipinski definition) is 4. The molecule has 0 radical (unpaired) electrons. The number of esters is 2. The number of carbonyl (C=O) groups is 2. The lowest BCUT2D eigenvalue weighted by Crippen LogP contribution is -2.38. The highest BCUT2D eigenvalue weighted by Crippen LogP contribution is 2.44. The van der Waals surface area contributed by atoms with E-state index in [-0.39, 0.29) is 12.8 Å². The van der Waals surface area contributed by atoms with Crippen LogP contribution in [0.2, 0.25) is 0 Å². The van der Waals surface area contributed by atoms with Crippen molar-refractivity contribution in [2.75, 3.05) is 19.8 Å². The Kier molecular flexibility index (Phi) is 31.6. The number of H-pyrrole nitrogens is 1. The van der Waals surface area contributed by atoms with Gasteiger partial charge in [-0.25, -0.2) is 9.36 Å². The van der Waals surface area contributed by atoms with E-state index in [4.69, 9.17) is 23.3 Å². The fraction of sp³-hybridized carbons (Fsp3) is 0.708. The van der Waals surface area contributed by atoms with Crippen molar-refractivity contribution in [1.82, 2.24) is 9.55 Å². The molecule has 17 heteroatoms. The van der Waals surface area contributed by atoms with E-state index in [1.807, 2.05) is 12.2 Å². The summed E-state index contributed by atoms with van der Waals surface area (Å²) in [7, 11) is -4.95. The van der Waals surface area contributed by atoms with Crippen LogP contribution in [0, 0.1) is 5.82 Å². The van der Waals surface area contributed by atoms with Crippen molar-refractivity contribution in [3.8, 4) is 0 Å². The van der Waals surface area contributed by atoms with Gasteiger partial charge in [-0.2, -0.15) is 4.39 Å². The molecule has 0 aromatic carbocycles. The van der Waals surface area contributed by atoms with Crippen LogP contribution in [-0.4, -0.2) is 80.8 Å². The smallest absolute Gasteiger partial charge is 0.462 e. The van der Waals surface area contributed by atoms with E-state index in [1.54, 1.807) is 4.98 Å². The van der Waals surface area contributed by atoms with Crippen LogP contribution in [0.3, 0.4) is 0 Å². The molecule has 1 unspecified atom stereocenters. The number of rotatable bonds is 38. The summed E-state index contributed by atoms with van der Waals surface area (Å²) in [5.41, 5.74) is -2.43. The van der Waals surface area contributed by atoms with Gasteiger partial charge < -0.3 is 29.3 Å². The van der Waals surface area contributed by atoms with E-state index in [0.29, 0.717) is 30.0 Å². The van der Waals surface area contributed by atoms with Gasteiger partial charge in [-0.05, 0) is 51.4 Å². The fourth-order valence-electron chi connectivity index (χ4n) is 6.96. The van der Waals surface area contributed by atoms with Gasteiger partial charge in [0.2, 0.25) is 5.82 Å². The Hall–Kier alpha value is -3.50. The van der Waals surface area contributed by atoms with Gasteiger partial charge in [0.25, 0.3) is 5.56 Å². The molecule has 0 bridgehead atoms. The molecule has 0 spiro atoms. The molecule has 6 atom stereocenters. The number of ether oxygens (including phenoxy) is 3. The number of aliphatic hydroxyl groups excluding tert-OH is 2. The van der Waals surface area contributed by atoms with Crippen molar-refractivity contribution in [2.45, 2.75) is 199 Å². The Bertz CT molecular complexity index is 1750. The first-order valence-electron chi connectivity index (χ1n) is 24.0. The minimum atomic E-state index is -4.95. The minimum absolute atomic E-state index is 0.0252. The third-order valence-electron chi connectivity index (χ3n) is 10.8. The number of nitrogens with zero attached hydrogens (tertiary/aromatic N) is 1. The Morgan fingerprint density at radius 1 is 0.723 bits per heavy atom. The highest BCUT2D eigenvalue weighted by atomic mass is 31.2. The molecule has 0 saturated carbocycles. The molecule has 65 heavy (non-hydrogen) atoms. The van der Waals surface area contributed by atoms with Crippen LogP contribution in [0.5, 0.6) is 0 Å². The molecule has 1 aromatic rings. The van der Waals surface area contributed by atoms with E-state index >= 15 is 0 Å². The molecule has 1 saturated heterocycles. The summed E-state index contributed by atoms with van der Waals surface area (Å²) in [6, 6.07) is 0. The van der Waals surface area contributed by atoms with Gasteiger partial charge in [0.15, 0.2) is 12.3 Å². The molecule has 4 N–H and O–H groups in total. The number of unbranched alkanes of at least 4 members (excludes halogenated alkanes) is 16. The van der Waals surface area contributed by atoms with E-state index in [0.717, 1.165) is 44.9 Å². The number of nitrogens with one attached hydrogen (secondary N) is 1. The number of halogens is 1. The van der Waals surface area contributed by atoms with Crippen molar-refractivity contribution < 1.29 is 56.9 Å². The molecule has 2 rings (SSSR count). The summed E-state index contributed by atoms with van der Waals surface area (Å²) in [6.45, 7) is 2.45. The second-order valence-electron chi connectivity index (χ2n) is 16.5. The van der Waals surface area contributed by atoms with E-state index in [1.165, 1.54) is 77.0 Å². The predicted molar refractivity (Wildman–Crippen MR) is 248 cm³/mol. The second kappa shape index (κ2) is 35.7. The van der Waals surface area contributed by atoms with Crippen LogP contribution in [0.15, 0.2) is 64.4 Å². The normalized spacial score (nSPS) is 19.2. The fourth-order valence-corrected chi connectivity index (χ4v) is 7.72. The Labute approximate surface area is 385 Å². The molecule has 1 aromatic heterocycles. The van der Waals surface area contributed by atoms with E-state index in [2.05, 4.69) is 50.3 Å². The molecule has 1 aliphatic heterocycles. The molecule has 2 heterocycles. The first kappa shape index (κ1) is 57.6. The lowest BCUT2D eigenvalue weighted by molar-refractivity contribution is -0.161. The second-order valence-corrected chi connectivity index (χ2v) is 18.0. The number of aromatic nitrogens is 2. The summed E-state index contributed by atoms with van der Waals surface area (Å²) in [5.74, 6) is -2.50. The maximum atomic E-state index is 13.9. The zero-order valence-corrected chi connectivity index (χ0v) is 39.8. The number of aliphatic hydroxyl groups is 2. The van der Waals surface area contributed by atoms with Crippen molar-refractivity contribution >= 4 is 19.8 Å². The molecule has 1 aliphatic rings. The molecule has 1 fully saturated rings. The summed E-state index contributed by atoms with van der Waals surface area (Å²) >= 11 is 0. The number of allylic oxidation sites excluding steroid dienone is 8. The van der Waals surface area contributed by atoms with Crippen LogP contribution < -0.4 is 11.2 Å². The molecule has 15 nitrogen and oxygen atoms in total. The number of carbonyl (C=O) groups excluding carboxylic acids is 2. The van der Waals surface area contributed by atoms with Crippen molar-refractivity contribution in [3.05, 3.63) is 81.5 Å². The van der Waals surface area contributed by atoms with Crippen LogP contribution >= 0.6 is 7.82 Å². The molecule has 0 amide bonds. The highest BCUT2D eigenvalue weighted by molar-refractivity contribution is 7.47. The summed E-state index contributed by atoms with van der Waals surface area (Å²) in [6.07, 6.45) is 33.1. The lowest BCUT2D eigenvalue weighted by Gasteiger charge is -2.21. The van der Waals surface area contributed by atoms with Gasteiger partial charge in [-0.15, -0.1) is 0 Å². The average Bonchev–Trinajstić information content (AvgIpc) is 3.56. The van der Waals surface area contributed by atoms with Gasteiger partial charge in [-0.1, -0.05) is 152 Å². The van der Waals surface area contributed by atoms with Gasteiger partial charge in [0.1, 0.15) is 24.9 Å². The Morgan fingerprint density at radius 3 is 1.82 bits per heavy atom. The maximum absolute atomic E-state index is 13.9. The zero-order chi connectivity index (χ0) is 47.5. The maximum Gasteiger partial charge on any atom is 0.472 e. The van der Waals surface area contributed by atoms with Crippen molar-refractivity contribution in [2.24, 2.45) is 0 Å². The van der Waals surface area contributed by atoms with Gasteiger partial charge >= 0.3 is 25.5 Å². The lowest BCUT2D eigenvalue weighted by atomic mass is 10.0. The standard InChI is InChI=1S/C48H78FN2O13P/c1-3-5-7-9-11-13-15-17-18-19-20-22-24-26-28-30-32-34-43(53)63-39(36-60-42(52)33-31-29-27-25-23-21-16-14-12-10-8-6-4-2)37-61-65(58,59)62-38-41-44(54)45(55)47(64-41)51-35-40(49)46(56)50-48(51)57/h11,13,17-18,20,22,26,28,35,39,41,44-45,47,54-55H,3-10,12,14-16,19,21,23-25,27,29-34,36-38H2,1-2H3,(H,58,59)(H,50,56,57)/b13-11-,18-17-,22-20-,28-26-/t39-,41-,44-,45-,47-/m1/s1. The number of phosphoric acid groups is 1. The Balaban J connectivity index is 1.82. The number of phosphoric ester groups is 1. The number of hydrogen-bond acceptors (Lipinski definition) is 12.